The van der Waals surface area contributed by atoms with Gasteiger partial charge >= 0.3 is 0 Å². The molecule has 2 heterocycles. The van der Waals surface area contributed by atoms with Gasteiger partial charge in [0.15, 0.2) is 0 Å². The number of aryl methyl sites for hydroxylation is 1. The van der Waals surface area contributed by atoms with Crippen molar-refractivity contribution < 1.29 is 0 Å². The normalized spacial score (nSPS) is 11.1. The first-order chi connectivity index (χ1) is 9.35. The molecule has 2 aromatic rings. The van der Waals surface area contributed by atoms with E-state index in [0.717, 1.165) is 38.3 Å². The van der Waals surface area contributed by atoms with Gasteiger partial charge in [-0.2, -0.15) is 10.2 Å². The zero-order valence-electron chi connectivity index (χ0n) is 11.7. The van der Waals surface area contributed by atoms with Crippen LogP contribution in [-0.2, 0) is 19.6 Å². The topological polar surface area (TPSA) is 60.6 Å². The van der Waals surface area contributed by atoms with Crippen molar-refractivity contribution in [3.05, 3.63) is 30.1 Å². The molecule has 0 radical (unpaired) electrons. The van der Waals surface area contributed by atoms with E-state index in [2.05, 4.69) is 34.3 Å². The SMILES string of the molecule is CCCNCc1ccnn1Cc1ncnn1CCC. The van der Waals surface area contributed by atoms with Crippen LogP contribution in [0.2, 0.25) is 0 Å². The van der Waals surface area contributed by atoms with Gasteiger partial charge in [0, 0.05) is 19.3 Å². The lowest BCUT2D eigenvalue weighted by Crippen LogP contribution is -2.19. The molecule has 104 valence electrons. The lowest BCUT2D eigenvalue weighted by Gasteiger charge is -2.09. The Morgan fingerprint density at radius 3 is 2.84 bits per heavy atom. The van der Waals surface area contributed by atoms with Gasteiger partial charge in [0.2, 0.25) is 0 Å². The van der Waals surface area contributed by atoms with Crippen molar-refractivity contribution >= 4 is 0 Å². The second kappa shape index (κ2) is 7.04. The van der Waals surface area contributed by atoms with Crippen LogP contribution < -0.4 is 5.32 Å². The first-order valence-corrected chi connectivity index (χ1v) is 6.93. The maximum absolute atomic E-state index is 4.37. The van der Waals surface area contributed by atoms with Crippen LogP contribution in [0.4, 0.5) is 0 Å². The highest BCUT2D eigenvalue weighted by molar-refractivity contribution is 5.02. The molecular weight excluding hydrogens is 240 g/mol. The molecule has 0 fully saturated rings. The quantitative estimate of drug-likeness (QED) is 0.731. The van der Waals surface area contributed by atoms with E-state index in [0.29, 0.717) is 6.54 Å². The summed E-state index contributed by atoms with van der Waals surface area (Å²) in [6.07, 6.45) is 5.65. The average Bonchev–Trinajstić information content (AvgIpc) is 3.02. The monoisotopic (exact) mass is 262 g/mol. The molecule has 0 bridgehead atoms. The predicted octanol–water partition coefficient (Wildman–Crippen LogP) is 1.43. The van der Waals surface area contributed by atoms with Crippen LogP contribution in [0.5, 0.6) is 0 Å². The summed E-state index contributed by atoms with van der Waals surface area (Å²) in [6.45, 7) is 7.75. The molecule has 0 atom stereocenters. The minimum absolute atomic E-state index is 0.677. The summed E-state index contributed by atoms with van der Waals surface area (Å²) in [5.74, 6) is 0.960. The van der Waals surface area contributed by atoms with Crippen molar-refractivity contribution in [2.75, 3.05) is 6.54 Å². The third-order valence-corrected chi connectivity index (χ3v) is 2.96. The van der Waals surface area contributed by atoms with Crippen LogP contribution in [0.1, 0.15) is 38.2 Å². The molecule has 0 unspecified atom stereocenters. The standard InChI is InChI=1S/C13H22N6/c1-3-6-14-9-12-5-7-16-19(12)10-13-15-11-17-18(13)8-4-2/h5,7,11,14H,3-4,6,8-10H2,1-2H3. The van der Waals surface area contributed by atoms with E-state index in [1.807, 2.05) is 21.6 Å². The number of aromatic nitrogens is 5. The van der Waals surface area contributed by atoms with Gasteiger partial charge < -0.3 is 5.32 Å². The fraction of sp³-hybridized carbons (Fsp3) is 0.615. The second-order valence-electron chi connectivity index (χ2n) is 4.56. The Kier molecular flexibility index (Phi) is 5.09. The van der Waals surface area contributed by atoms with Gasteiger partial charge in [-0.3, -0.25) is 4.68 Å². The molecule has 6 heteroatoms. The van der Waals surface area contributed by atoms with Crippen LogP contribution in [0, 0.1) is 0 Å². The zero-order chi connectivity index (χ0) is 13.5. The smallest absolute Gasteiger partial charge is 0.148 e. The third-order valence-electron chi connectivity index (χ3n) is 2.96. The van der Waals surface area contributed by atoms with E-state index in [1.165, 1.54) is 5.69 Å². The van der Waals surface area contributed by atoms with Gasteiger partial charge in [-0.1, -0.05) is 13.8 Å². The maximum Gasteiger partial charge on any atom is 0.148 e. The Balaban J connectivity index is 2.02. The van der Waals surface area contributed by atoms with Gasteiger partial charge in [-0.25, -0.2) is 9.67 Å². The number of hydrogen-bond acceptors (Lipinski definition) is 4. The molecule has 19 heavy (non-hydrogen) atoms. The minimum atomic E-state index is 0.677. The Labute approximate surface area is 113 Å². The van der Waals surface area contributed by atoms with Gasteiger partial charge in [0.05, 0.1) is 5.69 Å². The number of hydrogen-bond donors (Lipinski definition) is 1. The van der Waals surface area contributed by atoms with Crippen molar-refractivity contribution in [3.8, 4) is 0 Å². The molecule has 0 saturated heterocycles. The Morgan fingerprint density at radius 1 is 1.16 bits per heavy atom. The second-order valence-corrected chi connectivity index (χ2v) is 4.56. The molecule has 1 N–H and O–H groups in total. The van der Waals surface area contributed by atoms with Gasteiger partial charge in [-0.15, -0.1) is 0 Å². The van der Waals surface area contributed by atoms with Crippen molar-refractivity contribution in [3.63, 3.8) is 0 Å². The number of nitrogens with zero attached hydrogens (tertiary/aromatic N) is 5. The minimum Gasteiger partial charge on any atom is -0.311 e. The molecule has 0 aliphatic rings. The van der Waals surface area contributed by atoms with Crippen LogP contribution in [0.15, 0.2) is 18.6 Å². The summed E-state index contributed by atoms with van der Waals surface area (Å²) in [6, 6.07) is 2.04. The van der Waals surface area contributed by atoms with E-state index in [1.54, 1.807) is 6.33 Å². The molecule has 0 saturated carbocycles. The molecule has 2 rings (SSSR count). The van der Waals surface area contributed by atoms with Crippen LogP contribution in [-0.4, -0.2) is 31.1 Å². The number of nitrogens with one attached hydrogen (secondary N) is 1. The van der Waals surface area contributed by atoms with E-state index in [9.17, 15) is 0 Å². The summed E-state index contributed by atoms with van der Waals surface area (Å²) in [5, 5.41) is 12.0. The average molecular weight is 262 g/mol. The summed E-state index contributed by atoms with van der Waals surface area (Å²) in [4.78, 5) is 4.32. The fourth-order valence-electron chi connectivity index (χ4n) is 1.99. The van der Waals surface area contributed by atoms with E-state index in [4.69, 9.17) is 0 Å². The maximum atomic E-state index is 4.37. The zero-order valence-corrected chi connectivity index (χ0v) is 11.7. The van der Waals surface area contributed by atoms with Crippen molar-refractivity contribution in [2.45, 2.75) is 46.3 Å². The summed E-state index contributed by atoms with van der Waals surface area (Å²) < 4.78 is 3.93. The van der Waals surface area contributed by atoms with Crippen LogP contribution in [0.25, 0.3) is 0 Å². The largest absolute Gasteiger partial charge is 0.311 e. The van der Waals surface area contributed by atoms with Crippen molar-refractivity contribution in [2.24, 2.45) is 0 Å². The lowest BCUT2D eigenvalue weighted by atomic mass is 10.4. The fourth-order valence-corrected chi connectivity index (χ4v) is 1.99. The van der Waals surface area contributed by atoms with Gasteiger partial charge in [0.25, 0.3) is 0 Å². The summed E-state index contributed by atoms with van der Waals surface area (Å²) in [5.41, 5.74) is 1.18. The molecule has 6 nitrogen and oxygen atoms in total. The first kappa shape index (κ1) is 13.7. The summed E-state index contributed by atoms with van der Waals surface area (Å²) >= 11 is 0. The third kappa shape index (κ3) is 3.64. The molecule has 0 aliphatic carbocycles. The Hall–Kier alpha value is -1.69. The van der Waals surface area contributed by atoms with Crippen LogP contribution >= 0.6 is 0 Å². The van der Waals surface area contributed by atoms with E-state index >= 15 is 0 Å². The first-order valence-electron chi connectivity index (χ1n) is 6.93. The van der Waals surface area contributed by atoms with Crippen molar-refractivity contribution in [1.82, 2.24) is 29.9 Å². The van der Waals surface area contributed by atoms with E-state index < -0.39 is 0 Å². The molecular formula is C13H22N6. The lowest BCUT2D eigenvalue weighted by molar-refractivity contribution is 0.523. The number of rotatable bonds is 8. The van der Waals surface area contributed by atoms with Crippen molar-refractivity contribution in [1.29, 1.82) is 0 Å². The highest BCUT2D eigenvalue weighted by atomic mass is 15.4. The highest BCUT2D eigenvalue weighted by Gasteiger charge is 2.08. The molecule has 0 aromatic carbocycles. The van der Waals surface area contributed by atoms with Gasteiger partial charge in [0.1, 0.15) is 18.7 Å². The highest BCUT2D eigenvalue weighted by Crippen LogP contribution is 2.04. The molecule has 2 aromatic heterocycles. The van der Waals surface area contributed by atoms with E-state index in [-0.39, 0.29) is 0 Å². The summed E-state index contributed by atoms with van der Waals surface area (Å²) in [7, 11) is 0. The molecule has 0 spiro atoms. The Bertz CT molecular complexity index is 487. The molecule has 0 amide bonds. The van der Waals surface area contributed by atoms with Crippen LogP contribution in [0.3, 0.4) is 0 Å². The molecule has 0 aliphatic heterocycles. The van der Waals surface area contributed by atoms with Gasteiger partial charge in [-0.05, 0) is 25.5 Å². The Morgan fingerprint density at radius 2 is 2.05 bits per heavy atom. The predicted molar refractivity (Wildman–Crippen MR) is 73.6 cm³/mol.